The Balaban J connectivity index is 2.40. The molecule has 98 valence electrons. The predicted octanol–water partition coefficient (Wildman–Crippen LogP) is 2.32. The molecule has 2 N–H and O–H groups in total. The van der Waals surface area contributed by atoms with Gasteiger partial charge in [-0.1, -0.05) is 13.8 Å². The van der Waals surface area contributed by atoms with Crippen molar-refractivity contribution < 1.29 is 0 Å². The topological polar surface area (TPSA) is 61.7 Å². The first-order valence-corrected chi connectivity index (χ1v) is 6.58. The second-order valence-electron chi connectivity index (χ2n) is 4.35. The van der Waals surface area contributed by atoms with Crippen LogP contribution in [0.3, 0.4) is 0 Å². The molecule has 0 unspecified atom stereocenters. The molecule has 0 saturated heterocycles. The largest absolute Gasteiger partial charge is 0.383 e. The van der Waals surface area contributed by atoms with Crippen molar-refractivity contribution in [3.63, 3.8) is 0 Å². The highest BCUT2D eigenvalue weighted by Crippen LogP contribution is 2.26. The van der Waals surface area contributed by atoms with Gasteiger partial charge in [-0.25, -0.2) is 4.98 Å². The molecule has 0 aromatic carbocycles. The van der Waals surface area contributed by atoms with Gasteiger partial charge in [0.1, 0.15) is 17.3 Å². The minimum Gasteiger partial charge on any atom is -0.383 e. The summed E-state index contributed by atoms with van der Waals surface area (Å²) in [4.78, 5) is 4.63. The average Bonchev–Trinajstić information content (AvgIpc) is 2.94. The molecule has 0 saturated carbocycles. The zero-order chi connectivity index (χ0) is 13.1. The van der Waals surface area contributed by atoms with Crippen molar-refractivity contribution in [3.8, 4) is 11.3 Å². The van der Waals surface area contributed by atoms with Gasteiger partial charge in [-0.05, 0) is 13.3 Å². The van der Waals surface area contributed by atoms with Crippen LogP contribution in [0.2, 0.25) is 0 Å². The molecular weight excluding hydrogens is 226 g/mol. The van der Waals surface area contributed by atoms with Gasteiger partial charge in [-0.3, -0.25) is 4.68 Å². The number of nitrogens with two attached hydrogens (primary N) is 1. The molecule has 5 nitrogen and oxygen atoms in total. The molecule has 0 aliphatic carbocycles. The molecule has 18 heavy (non-hydrogen) atoms. The predicted molar refractivity (Wildman–Crippen MR) is 73.2 cm³/mol. The maximum Gasteiger partial charge on any atom is 0.131 e. The van der Waals surface area contributed by atoms with Crippen LogP contribution in [0.5, 0.6) is 0 Å². The Hall–Kier alpha value is -1.78. The maximum atomic E-state index is 6.17. The highest BCUT2D eigenvalue weighted by atomic mass is 15.3. The summed E-state index contributed by atoms with van der Waals surface area (Å²) in [5.41, 5.74) is 8.03. The highest BCUT2D eigenvalue weighted by molar-refractivity contribution is 5.69. The van der Waals surface area contributed by atoms with Gasteiger partial charge in [0, 0.05) is 31.3 Å². The third-order valence-corrected chi connectivity index (χ3v) is 3.08. The Labute approximate surface area is 108 Å². The number of aromatic nitrogens is 4. The van der Waals surface area contributed by atoms with Gasteiger partial charge in [-0.2, -0.15) is 5.10 Å². The van der Waals surface area contributed by atoms with E-state index in [0.717, 1.165) is 48.8 Å². The van der Waals surface area contributed by atoms with Gasteiger partial charge >= 0.3 is 0 Å². The second-order valence-corrected chi connectivity index (χ2v) is 4.35. The third kappa shape index (κ3) is 2.12. The standard InChI is InChI=1S/C13H21N5/c1-4-7-17-9-10(8-15-17)12-13(14)18(6-3)11(5-2)16-12/h8-9H,4-7,14H2,1-3H3. The van der Waals surface area contributed by atoms with E-state index in [2.05, 4.69) is 35.4 Å². The summed E-state index contributed by atoms with van der Waals surface area (Å²) < 4.78 is 4.00. The first kappa shape index (κ1) is 12.7. The van der Waals surface area contributed by atoms with Crippen molar-refractivity contribution in [2.45, 2.75) is 46.7 Å². The van der Waals surface area contributed by atoms with Crippen LogP contribution >= 0.6 is 0 Å². The van der Waals surface area contributed by atoms with Crippen LogP contribution in [0.4, 0.5) is 5.82 Å². The van der Waals surface area contributed by atoms with E-state index in [4.69, 9.17) is 5.73 Å². The fourth-order valence-electron chi connectivity index (χ4n) is 2.19. The molecule has 0 aliphatic heterocycles. The molecule has 0 aliphatic rings. The lowest BCUT2D eigenvalue weighted by Gasteiger charge is -2.03. The van der Waals surface area contributed by atoms with E-state index in [0.29, 0.717) is 0 Å². The van der Waals surface area contributed by atoms with Crippen molar-refractivity contribution in [2.75, 3.05) is 5.73 Å². The SMILES string of the molecule is CCCn1cc(-c2nc(CC)n(CC)c2N)cn1. The number of aryl methyl sites for hydroxylation is 2. The Bertz CT molecular complexity index is 523. The van der Waals surface area contributed by atoms with E-state index < -0.39 is 0 Å². The highest BCUT2D eigenvalue weighted by Gasteiger charge is 2.15. The summed E-state index contributed by atoms with van der Waals surface area (Å²) in [6, 6.07) is 0. The third-order valence-electron chi connectivity index (χ3n) is 3.08. The van der Waals surface area contributed by atoms with Crippen LogP contribution in [0.15, 0.2) is 12.4 Å². The molecule has 0 radical (unpaired) electrons. The van der Waals surface area contributed by atoms with Crippen molar-refractivity contribution in [3.05, 3.63) is 18.2 Å². The van der Waals surface area contributed by atoms with Crippen molar-refractivity contribution in [1.82, 2.24) is 19.3 Å². The van der Waals surface area contributed by atoms with Crippen LogP contribution in [0.1, 0.15) is 33.0 Å². The molecular formula is C13H21N5. The van der Waals surface area contributed by atoms with Crippen molar-refractivity contribution in [1.29, 1.82) is 0 Å². The molecule has 2 aromatic rings. The average molecular weight is 247 g/mol. The summed E-state index contributed by atoms with van der Waals surface area (Å²) >= 11 is 0. The zero-order valence-corrected chi connectivity index (χ0v) is 11.3. The van der Waals surface area contributed by atoms with Crippen LogP contribution in [0, 0.1) is 0 Å². The number of anilines is 1. The number of rotatable bonds is 5. The number of nitrogen functional groups attached to an aromatic ring is 1. The number of hydrogen-bond donors (Lipinski definition) is 1. The Morgan fingerprint density at radius 3 is 2.61 bits per heavy atom. The normalized spacial score (nSPS) is 11.1. The van der Waals surface area contributed by atoms with E-state index >= 15 is 0 Å². The van der Waals surface area contributed by atoms with Gasteiger partial charge in [0.2, 0.25) is 0 Å². The lowest BCUT2D eigenvalue weighted by Crippen LogP contribution is -2.04. The summed E-state index contributed by atoms with van der Waals surface area (Å²) in [6.07, 6.45) is 5.82. The first-order chi connectivity index (χ1) is 8.71. The van der Waals surface area contributed by atoms with Crippen LogP contribution in [0.25, 0.3) is 11.3 Å². The second kappa shape index (κ2) is 5.25. The molecule has 0 bridgehead atoms. The van der Waals surface area contributed by atoms with E-state index in [9.17, 15) is 0 Å². The summed E-state index contributed by atoms with van der Waals surface area (Å²) in [7, 11) is 0. The van der Waals surface area contributed by atoms with Gasteiger partial charge in [0.25, 0.3) is 0 Å². The minimum atomic E-state index is 0.741. The van der Waals surface area contributed by atoms with Crippen LogP contribution in [-0.4, -0.2) is 19.3 Å². The summed E-state index contributed by atoms with van der Waals surface area (Å²) in [5.74, 6) is 1.78. The van der Waals surface area contributed by atoms with E-state index in [1.807, 2.05) is 17.1 Å². The lowest BCUT2D eigenvalue weighted by molar-refractivity contribution is 0.603. The van der Waals surface area contributed by atoms with Gasteiger partial charge in [0.05, 0.1) is 6.20 Å². The summed E-state index contributed by atoms with van der Waals surface area (Å²) in [6.45, 7) is 8.09. The van der Waals surface area contributed by atoms with Gasteiger partial charge in [0.15, 0.2) is 0 Å². The fourth-order valence-corrected chi connectivity index (χ4v) is 2.19. The van der Waals surface area contributed by atoms with Crippen LogP contribution in [-0.2, 0) is 19.5 Å². The Morgan fingerprint density at radius 2 is 2.06 bits per heavy atom. The lowest BCUT2D eigenvalue weighted by atomic mass is 10.2. The van der Waals surface area contributed by atoms with Crippen molar-refractivity contribution >= 4 is 5.82 Å². The number of imidazole rings is 1. The number of nitrogens with zero attached hydrogens (tertiary/aromatic N) is 4. The van der Waals surface area contributed by atoms with E-state index in [1.54, 1.807) is 0 Å². The summed E-state index contributed by atoms with van der Waals surface area (Å²) in [5, 5.41) is 4.33. The Morgan fingerprint density at radius 1 is 1.28 bits per heavy atom. The Kier molecular flexibility index (Phi) is 3.69. The molecule has 0 amide bonds. The van der Waals surface area contributed by atoms with Gasteiger partial charge < -0.3 is 10.3 Å². The zero-order valence-electron chi connectivity index (χ0n) is 11.3. The first-order valence-electron chi connectivity index (χ1n) is 6.58. The maximum absolute atomic E-state index is 6.17. The molecule has 2 heterocycles. The van der Waals surface area contributed by atoms with E-state index in [-0.39, 0.29) is 0 Å². The van der Waals surface area contributed by atoms with Crippen LogP contribution < -0.4 is 5.73 Å². The quantitative estimate of drug-likeness (QED) is 0.882. The molecule has 0 atom stereocenters. The molecule has 5 heteroatoms. The molecule has 0 fully saturated rings. The fraction of sp³-hybridized carbons (Fsp3) is 0.538. The monoisotopic (exact) mass is 247 g/mol. The number of hydrogen-bond acceptors (Lipinski definition) is 3. The van der Waals surface area contributed by atoms with Crippen molar-refractivity contribution in [2.24, 2.45) is 0 Å². The molecule has 2 rings (SSSR count). The minimum absolute atomic E-state index is 0.741. The van der Waals surface area contributed by atoms with E-state index in [1.165, 1.54) is 0 Å². The molecule has 0 spiro atoms. The van der Waals surface area contributed by atoms with Gasteiger partial charge in [-0.15, -0.1) is 0 Å². The molecule has 2 aromatic heterocycles. The smallest absolute Gasteiger partial charge is 0.131 e.